The average Bonchev–Trinajstić information content (AvgIpc) is 2.98. The highest BCUT2D eigenvalue weighted by molar-refractivity contribution is 5.99. The fourth-order valence-corrected chi connectivity index (χ4v) is 5.54. The van der Waals surface area contributed by atoms with Crippen LogP contribution in [0.5, 0.6) is 0 Å². The minimum atomic E-state index is 0.0538. The molecule has 0 aromatic carbocycles. The number of carbonyl (C=O) groups excluding carboxylic acids is 1. The molecule has 6 rings (SSSR count). The van der Waals surface area contributed by atoms with Crippen molar-refractivity contribution in [3.8, 4) is 0 Å². The first kappa shape index (κ1) is 18.8. The number of nitrogens with zero attached hydrogens (tertiary/aromatic N) is 5. The molecule has 1 saturated heterocycles. The van der Waals surface area contributed by atoms with E-state index in [2.05, 4.69) is 34.9 Å². The summed E-state index contributed by atoms with van der Waals surface area (Å²) in [6.45, 7) is 11.5. The molecule has 2 aromatic rings. The highest BCUT2D eigenvalue weighted by Crippen LogP contribution is 2.59. The second kappa shape index (κ2) is 6.94. The molecule has 0 N–H and O–H groups in total. The molecule has 3 heterocycles. The number of aryl methyl sites for hydroxylation is 1. The summed E-state index contributed by atoms with van der Waals surface area (Å²) in [5, 5.41) is 4.33. The molecule has 29 heavy (non-hydrogen) atoms. The Morgan fingerprint density at radius 3 is 2.86 bits per heavy atom. The van der Waals surface area contributed by atoms with E-state index in [1.165, 1.54) is 12.8 Å². The number of allylic oxidation sites excluding steroid dienone is 1. The molecule has 2 bridgehead atoms. The first-order valence-corrected chi connectivity index (χ1v) is 10.9. The molecule has 6 nitrogen and oxygen atoms in total. The molecule has 6 heteroatoms. The molecule has 1 saturated carbocycles. The summed E-state index contributed by atoms with van der Waals surface area (Å²) in [4.78, 5) is 22.1. The maximum Gasteiger partial charge on any atom is 0.259 e. The van der Waals surface area contributed by atoms with E-state index in [0.29, 0.717) is 16.6 Å². The van der Waals surface area contributed by atoms with Gasteiger partial charge in [0.1, 0.15) is 5.56 Å². The minimum Gasteiger partial charge on any atom is -0.337 e. The van der Waals surface area contributed by atoms with Crippen LogP contribution in [0.25, 0.3) is 5.65 Å². The Morgan fingerprint density at radius 1 is 1.21 bits per heavy atom. The molecule has 0 spiro atoms. The van der Waals surface area contributed by atoms with Crippen molar-refractivity contribution in [3.63, 3.8) is 0 Å². The van der Waals surface area contributed by atoms with Crippen LogP contribution in [-0.2, 0) is 0 Å². The summed E-state index contributed by atoms with van der Waals surface area (Å²) in [6.07, 6.45) is 11.5. The standard InChI is InChI=1S/C23H31N5O/c1-16-12-24-21-19(13-25-28(21)14-16)22(29)27-8-4-7-26(9-10-27)15-17-5-6-18-11-20(17)23(18,2)3/h5,12-14,18,20H,4,6-11,15H2,1-3H3. The number of rotatable bonds is 3. The first-order chi connectivity index (χ1) is 13.9. The van der Waals surface area contributed by atoms with Crippen LogP contribution in [0, 0.1) is 24.2 Å². The highest BCUT2D eigenvalue weighted by Gasteiger charge is 2.51. The molecule has 1 amide bonds. The lowest BCUT2D eigenvalue weighted by atomic mass is 9.49. The number of hydrogen-bond acceptors (Lipinski definition) is 4. The van der Waals surface area contributed by atoms with E-state index in [0.717, 1.165) is 56.5 Å². The van der Waals surface area contributed by atoms with Crippen LogP contribution in [0.4, 0.5) is 0 Å². The van der Waals surface area contributed by atoms with Crippen LogP contribution < -0.4 is 0 Å². The molecular weight excluding hydrogens is 362 g/mol. The van der Waals surface area contributed by atoms with Crippen LogP contribution in [-0.4, -0.2) is 63.0 Å². The van der Waals surface area contributed by atoms with Crippen molar-refractivity contribution in [3.05, 3.63) is 41.4 Å². The van der Waals surface area contributed by atoms with Gasteiger partial charge in [-0.25, -0.2) is 9.50 Å². The van der Waals surface area contributed by atoms with Gasteiger partial charge in [-0.2, -0.15) is 5.10 Å². The fourth-order valence-electron chi connectivity index (χ4n) is 5.54. The Hall–Kier alpha value is -2.21. The normalized spacial score (nSPS) is 26.7. The number of fused-ring (bicyclic) bond motifs is 2. The Morgan fingerprint density at radius 2 is 2.07 bits per heavy atom. The molecule has 2 aromatic heterocycles. The predicted octanol–water partition coefficient (Wildman–Crippen LogP) is 3.18. The maximum absolute atomic E-state index is 13.2. The largest absolute Gasteiger partial charge is 0.337 e. The SMILES string of the molecule is Cc1cnc2c(C(=O)N3CCCN(CC4=CCC5CC4C5(C)C)CC3)cnn2c1. The van der Waals surface area contributed by atoms with E-state index in [-0.39, 0.29) is 5.91 Å². The van der Waals surface area contributed by atoms with E-state index in [9.17, 15) is 4.79 Å². The summed E-state index contributed by atoms with van der Waals surface area (Å²) in [5.74, 6) is 1.70. The number of aromatic nitrogens is 3. The molecule has 3 aliphatic carbocycles. The third kappa shape index (κ3) is 3.18. The topological polar surface area (TPSA) is 53.7 Å². The van der Waals surface area contributed by atoms with Gasteiger partial charge >= 0.3 is 0 Å². The van der Waals surface area contributed by atoms with Gasteiger partial charge in [-0.3, -0.25) is 9.69 Å². The summed E-state index contributed by atoms with van der Waals surface area (Å²) in [5.41, 5.74) is 4.40. The van der Waals surface area contributed by atoms with Crippen LogP contribution >= 0.6 is 0 Å². The Kier molecular flexibility index (Phi) is 4.50. The minimum absolute atomic E-state index is 0.0538. The zero-order valence-corrected chi connectivity index (χ0v) is 17.8. The molecule has 0 radical (unpaired) electrons. The van der Waals surface area contributed by atoms with Gasteiger partial charge in [0.05, 0.1) is 6.20 Å². The van der Waals surface area contributed by atoms with E-state index in [1.54, 1.807) is 22.5 Å². The van der Waals surface area contributed by atoms with Crippen LogP contribution in [0.3, 0.4) is 0 Å². The number of hydrogen-bond donors (Lipinski definition) is 0. The average molecular weight is 394 g/mol. The molecule has 154 valence electrons. The third-order valence-electron chi connectivity index (χ3n) is 7.58. The lowest BCUT2D eigenvalue weighted by Crippen LogP contribution is -2.50. The van der Waals surface area contributed by atoms with Crippen molar-refractivity contribution >= 4 is 11.6 Å². The Labute approximate surface area is 172 Å². The quantitative estimate of drug-likeness (QED) is 0.752. The second-order valence-corrected chi connectivity index (χ2v) is 9.70. The first-order valence-electron chi connectivity index (χ1n) is 10.9. The summed E-state index contributed by atoms with van der Waals surface area (Å²) < 4.78 is 1.70. The van der Waals surface area contributed by atoms with Gasteiger partial charge in [0.15, 0.2) is 5.65 Å². The Balaban J connectivity index is 1.25. The zero-order valence-electron chi connectivity index (χ0n) is 17.8. The monoisotopic (exact) mass is 393 g/mol. The van der Waals surface area contributed by atoms with Gasteiger partial charge < -0.3 is 4.90 Å². The van der Waals surface area contributed by atoms with Gasteiger partial charge in [0.25, 0.3) is 5.91 Å². The van der Waals surface area contributed by atoms with Gasteiger partial charge in [0.2, 0.25) is 0 Å². The molecule has 4 aliphatic rings. The number of carbonyl (C=O) groups is 1. The van der Waals surface area contributed by atoms with Gasteiger partial charge in [-0.05, 0) is 49.0 Å². The smallest absolute Gasteiger partial charge is 0.259 e. The van der Waals surface area contributed by atoms with Gasteiger partial charge in [0, 0.05) is 45.1 Å². The summed E-state index contributed by atoms with van der Waals surface area (Å²) >= 11 is 0. The maximum atomic E-state index is 13.2. The van der Waals surface area contributed by atoms with Crippen LogP contribution in [0.1, 0.15) is 49.0 Å². The van der Waals surface area contributed by atoms with E-state index >= 15 is 0 Å². The fraction of sp³-hybridized carbons (Fsp3) is 0.609. The Bertz CT molecular complexity index is 975. The van der Waals surface area contributed by atoms with Crippen LogP contribution in [0.15, 0.2) is 30.2 Å². The summed E-state index contributed by atoms with van der Waals surface area (Å²) in [7, 11) is 0. The van der Waals surface area contributed by atoms with Crippen molar-refractivity contribution in [1.82, 2.24) is 24.4 Å². The van der Waals surface area contributed by atoms with E-state index in [1.807, 2.05) is 18.0 Å². The lowest BCUT2D eigenvalue weighted by molar-refractivity contribution is -0.0105. The van der Waals surface area contributed by atoms with Crippen molar-refractivity contribution in [2.75, 3.05) is 32.7 Å². The molecular formula is C23H31N5O. The predicted molar refractivity (Wildman–Crippen MR) is 113 cm³/mol. The number of amides is 1. The van der Waals surface area contributed by atoms with Gasteiger partial charge in [-0.15, -0.1) is 0 Å². The molecule has 2 fully saturated rings. The van der Waals surface area contributed by atoms with Crippen molar-refractivity contribution in [2.24, 2.45) is 17.3 Å². The van der Waals surface area contributed by atoms with Crippen molar-refractivity contribution in [1.29, 1.82) is 0 Å². The zero-order chi connectivity index (χ0) is 20.2. The van der Waals surface area contributed by atoms with E-state index < -0.39 is 0 Å². The highest BCUT2D eigenvalue weighted by atomic mass is 16.2. The lowest BCUT2D eigenvalue weighted by Gasteiger charge is -2.57. The van der Waals surface area contributed by atoms with Crippen LogP contribution in [0.2, 0.25) is 0 Å². The van der Waals surface area contributed by atoms with Crippen molar-refractivity contribution < 1.29 is 4.79 Å². The van der Waals surface area contributed by atoms with Crippen molar-refractivity contribution in [2.45, 2.75) is 40.0 Å². The second-order valence-electron chi connectivity index (χ2n) is 9.70. The molecule has 2 unspecified atom stereocenters. The molecule has 1 aliphatic heterocycles. The molecule has 2 atom stereocenters. The van der Waals surface area contributed by atoms with E-state index in [4.69, 9.17) is 0 Å². The summed E-state index contributed by atoms with van der Waals surface area (Å²) in [6, 6.07) is 0. The van der Waals surface area contributed by atoms with Gasteiger partial charge in [-0.1, -0.05) is 25.5 Å². The third-order valence-corrected chi connectivity index (χ3v) is 7.58.